The van der Waals surface area contributed by atoms with Crippen LogP contribution in [-0.2, 0) is 6.54 Å². The van der Waals surface area contributed by atoms with Crippen LogP contribution in [-0.4, -0.2) is 31.7 Å². The van der Waals surface area contributed by atoms with Gasteiger partial charge >= 0.3 is 0 Å². The molecule has 0 aliphatic carbocycles. The largest absolute Gasteiger partial charge is 0.494 e. The number of anilines is 1. The van der Waals surface area contributed by atoms with Gasteiger partial charge in [-0.05, 0) is 55.0 Å². The molecule has 0 aliphatic heterocycles. The molecule has 0 spiro atoms. The molecular formula is C23H24N2O4. The van der Waals surface area contributed by atoms with E-state index in [1.807, 2.05) is 55.5 Å². The van der Waals surface area contributed by atoms with E-state index in [-0.39, 0.29) is 5.91 Å². The van der Waals surface area contributed by atoms with Crippen molar-refractivity contribution in [3.05, 3.63) is 78.0 Å². The third-order valence-electron chi connectivity index (χ3n) is 4.35. The van der Waals surface area contributed by atoms with E-state index in [2.05, 4.69) is 4.98 Å². The summed E-state index contributed by atoms with van der Waals surface area (Å²) in [6, 6.07) is 18.2. The van der Waals surface area contributed by atoms with E-state index in [0.29, 0.717) is 41.8 Å². The summed E-state index contributed by atoms with van der Waals surface area (Å²) in [6.45, 7) is 2.77. The van der Waals surface area contributed by atoms with Crippen molar-refractivity contribution in [2.24, 2.45) is 0 Å². The van der Waals surface area contributed by atoms with Crippen LogP contribution in [0.2, 0.25) is 0 Å². The number of hydrogen-bond donors (Lipinski definition) is 0. The number of carbonyl (C=O) groups excluding carboxylic acids is 1. The van der Waals surface area contributed by atoms with Gasteiger partial charge in [0, 0.05) is 11.8 Å². The Balaban J connectivity index is 1.96. The molecule has 0 saturated heterocycles. The molecule has 0 bridgehead atoms. The maximum absolute atomic E-state index is 13.4. The van der Waals surface area contributed by atoms with Crippen LogP contribution in [0.25, 0.3) is 0 Å². The van der Waals surface area contributed by atoms with Gasteiger partial charge in [0.2, 0.25) is 0 Å². The van der Waals surface area contributed by atoms with Crippen molar-refractivity contribution in [2.75, 3.05) is 25.7 Å². The van der Waals surface area contributed by atoms with Gasteiger partial charge in [-0.3, -0.25) is 9.69 Å². The summed E-state index contributed by atoms with van der Waals surface area (Å²) in [5.41, 5.74) is 1.42. The van der Waals surface area contributed by atoms with Gasteiger partial charge in [0.05, 0.1) is 27.4 Å². The predicted octanol–water partition coefficient (Wildman–Crippen LogP) is 4.34. The molecule has 1 amide bonds. The Bertz CT molecular complexity index is 960. The maximum Gasteiger partial charge on any atom is 0.259 e. The highest BCUT2D eigenvalue weighted by Gasteiger charge is 2.20. The van der Waals surface area contributed by atoms with Crippen molar-refractivity contribution in [2.45, 2.75) is 13.5 Å². The summed E-state index contributed by atoms with van der Waals surface area (Å²) in [6.07, 6.45) is 1.67. The van der Waals surface area contributed by atoms with E-state index < -0.39 is 0 Å². The lowest BCUT2D eigenvalue weighted by Gasteiger charge is -2.23. The first-order chi connectivity index (χ1) is 14.2. The van der Waals surface area contributed by atoms with Gasteiger partial charge in [0.25, 0.3) is 5.91 Å². The molecule has 0 unspecified atom stereocenters. The fourth-order valence-electron chi connectivity index (χ4n) is 2.97. The number of methoxy groups -OCH3 is 2. The number of aromatic nitrogens is 1. The summed E-state index contributed by atoms with van der Waals surface area (Å²) >= 11 is 0. The number of carbonyl (C=O) groups is 1. The van der Waals surface area contributed by atoms with Crippen molar-refractivity contribution < 1.29 is 19.0 Å². The molecule has 0 atom stereocenters. The zero-order valence-corrected chi connectivity index (χ0v) is 16.8. The van der Waals surface area contributed by atoms with Crippen LogP contribution in [0, 0.1) is 0 Å². The molecule has 2 aromatic carbocycles. The second-order valence-corrected chi connectivity index (χ2v) is 6.23. The third kappa shape index (κ3) is 4.85. The average Bonchev–Trinajstić information content (AvgIpc) is 2.78. The first kappa shape index (κ1) is 20.2. The minimum atomic E-state index is -0.167. The molecule has 3 aromatic rings. The normalized spacial score (nSPS) is 10.3. The van der Waals surface area contributed by atoms with Crippen LogP contribution in [0.4, 0.5) is 5.82 Å². The molecule has 0 aliphatic rings. The molecule has 150 valence electrons. The molecule has 1 heterocycles. The first-order valence-corrected chi connectivity index (χ1v) is 9.33. The zero-order valence-electron chi connectivity index (χ0n) is 16.8. The lowest BCUT2D eigenvalue weighted by Crippen LogP contribution is -2.31. The maximum atomic E-state index is 13.4. The van der Waals surface area contributed by atoms with Crippen LogP contribution < -0.4 is 19.1 Å². The molecule has 0 fully saturated rings. The SMILES string of the molecule is CCOc1cccc(C(=O)N(Cc2ccc(OC)c(OC)c2)c2ccccn2)c1. The molecule has 6 nitrogen and oxygen atoms in total. The number of rotatable bonds is 8. The summed E-state index contributed by atoms with van der Waals surface area (Å²) in [4.78, 5) is 19.4. The number of pyridine rings is 1. The lowest BCUT2D eigenvalue weighted by atomic mass is 10.1. The number of amides is 1. The number of hydrogen-bond acceptors (Lipinski definition) is 5. The number of benzene rings is 2. The molecule has 6 heteroatoms. The molecule has 29 heavy (non-hydrogen) atoms. The minimum absolute atomic E-state index is 0.167. The molecule has 1 aromatic heterocycles. The van der Waals surface area contributed by atoms with E-state index in [0.717, 1.165) is 5.56 Å². The van der Waals surface area contributed by atoms with E-state index in [4.69, 9.17) is 14.2 Å². The van der Waals surface area contributed by atoms with Gasteiger partial charge in [-0.15, -0.1) is 0 Å². The van der Waals surface area contributed by atoms with Gasteiger partial charge in [-0.25, -0.2) is 4.98 Å². The van der Waals surface area contributed by atoms with Crippen LogP contribution in [0.1, 0.15) is 22.8 Å². The van der Waals surface area contributed by atoms with Crippen LogP contribution in [0.5, 0.6) is 17.2 Å². The Hall–Kier alpha value is -3.54. The standard InChI is InChI=1S/C23H24N2O4/c1-4-29-19-9-7-8-18(15-19)23(26)25(22-10-5-6-13-24-22)16-17-11-12-20(27-2)21(14-17)28-3/h5-15H,4,16H2,1-3H3. The second-order valence-electron chi connectivity index (χ2n) is 6.23. The molecule has 0 N–H and O–H groups in total. The van der Waals surface area contributed by atoms with Crippen molar-refractivity contribution >= 4 is 11.7 Å². The van der Waals surface area contributed by atoms with Gasteiger partial charge in [0.1, 0.15) is 11.6 Å². The van der Waals surface area contributed by atoms with E-state index in [1.54, 1.807) is 37.4 Å². The van der Waals surface area contributed by atoms with Gasteiger partial charge in [-0.2, -0.15) is 0 Å². The molecule has 0 radical (unpaired) electrons. The van der Waals surface area contributed by atoms with Crippen molar-refractivity contribution in [1.82, 2.24) is 4.98 Å². The number of nitrogens with zero attached hydrogens (tertiary/aromatic N) is 2. The molecule has 3 rings (SSSR count). The Labute approximate surface area is 170 Å². The smallest absolute Gasteiger partial charge is 0.259 e. The highest BCUT2D eigenvalue weighted by atomic mass is 16.5. The first-order valence-electron chi connectivity index (χ1n) is 9.33. The van der Waals surface area contributed by atoms with Gasteiger partial charge in [0.15, 0.2) is 11.5 Å². The topological polar surface area (TPSA) is 60.9 Å². The fraction of sp³-hybridized carbons (Fsp3) is 0.217. The molecule has 0 saturated carbocycles. The van der Waals surface area contributed by atoms with Crippen molar-refractivity contribution in [1.29, 1.82) is 0 Å². The van der Waals surface area contributed by atoms with Crippen LogP contribution >= 0.6 is 0 Å². The van der Waals surface area contributed by atoms with Crippen molar-refractivity contribution in [3.8, 4) is 17.2 Å². The van der Waals surface area contributed by atoms with E-state index >= 15 is 0 Å². The summed E-state index contributed by atoms with van der Waals surface area (Å²) in [5.74, 6) is 2.30. The summed E-state index contributed by atoms with van der Waals surface area (Å²) in [7, 11) is 3.18. The minimum Gasteiger partial charge on any atom is -0.494 e. The highest BCUT2D eigenvalue weighted by molar-refractivity contribution is 6.05. The fourth-order valence-corrected chi connectivity index (χ4v) is 2.97. The second kappa shape index (κ2) is 9.59. The predicted molar refractivity (Wildman–Crippen MR) is 112 cm³/mol. The van der Waals surface area contributed by atoms with Crippen molar-refractivity contribution in [3.63, 3.8) is 0 Å². The lowest BCUT2D eigenvalue weighted by molar-refractivity contribution is 0.0984. The average molecular weight is 392 g/mol. The van der Waals surface area contributed by atoms with Gasteiger partial charge in [-0.1, -0.05) is 18.2 Å². The van der Waals surface area contributed by atoms with Gasteiger partial charge < -0.3 is 14.2 Å². The van der Waals surface area contributed by atoms with E-state index in [9.17, 15) is 4.79 Å². The summed E-state index contributed by atoms with van der Waals surface area (Å²) in [5, 5.41) is 0. The van der Waals surface area contributed by atoms with Crippen LogP contribution in [0.15, 0.2) is 66.9 Å². The van der Waals surface area contributed by atoms with Crippen LogP contribution in [0.3, 0.4) is 0 Å². The summed E-state index contributed by atoms with van der Waals surface area (Å²) < 4.78 is 16.2. The number of ether oxygens (including phenoxy) is 3. The molecular weight excluding hydrogens is 368 g/mol. The Morgan fingerprint density at radius 2 is 1.79 bits per heavy atom. The Morgan fingerprint density at radius 3 is 2.48 bits per heavy atom. The van der Waals surface area contributed by atoms with E-state index in [1.165, 1.54) is 0 Å². The highest BCUT2D eigenvalue weighted by Crippen LogP contribution is 2.29. The monoisotopic (exact) mass is 392 g/mol. The third-order valence-corrected chi connectivity index (χ3v) is 4.35. The Morgan fingerprint density at radius 1 is 0.966 bits per heavy atom. The Kier molecular flexibility index (Phi) is 6.68. The zero-order chi connectivity index (χ0) is 20.6. The quantitative estimate of drug-likeness (QED) is 0.571.